The smallest absolute Gasteiger partial charge is 0.308 e. The number of nitrogens with zero attached hydrogens (tertiary/aromatic N) is 4. The average Bonchev–Trinajstić information content (AvgIpc) is 2.92. The lowest BCUT2D eigenvalue weighted by Gasteiger charge is -2.35. The maximum Gasteiger partial charge on any atom is 0.308 e. The fraction of sp³-hybridized carbons (Fsp3) is 0.462. The van der Waals surface area contributed by atoms with E-state index >= 15 is 0 Å². The number of carbonyl (C=O) groups is 3. The monoisotopic (exact) mass is 543 g/mol. The molecular formula is C26H34ClN7O4. The minimum atomic E-state index is -0.248. The Hall–Kier alpha value is -3.73. The Balaban J connectivity index is 0.00000400. The van der Waals surface area contributed by atoms with Crippen molar-refractivity contribution in [3.05, 3.63) is 41.5 Å². The van der Waals surface area contributed by atoms with Crippen LogP contribution in [-0.4, -0.2) is 78.0 Å². The highest BCUT2D eigenvalue weighted by atomic mass is 35.5. The van der Waals surface area contributed by atoms with Gasteiger partial charge >= 0.3 is 5.97 Å². The second kappa shape index (κ2) is 12.7. The van der Waals surface area contributed by atoms with Crippen molar-refractivity contribution in [2.45, 2.75) is 38.6 Å². The summed E-state index contributed by atoms with van der Waals surface area (Å²) in [6.45, 7) is 3.74. The van der Waals surface area contributed by atoms with Crippen LogP contribution in [0.2, 0.25) is 0 Å². The summed E-state index contributed by atoms with van der Waals surface area (Å²) in [5, 5.41) is 19.6. The third-order valence-electron chi connectivity index (χ3n) is 7.13. The maximum absolute atomic E-state index is 13.5. The van der Waals surface area contributed by atoms with Crippen LogP contribution in [0.3, 0.4) is 0 Å². The van der Waals surface area contributed by atoms with Gasteiger partial charge in [-0.1, -0.05) is 24.3 Å². The number of piperazine rings is 1. The molecule has 1 saturated carbocycles. The zero-order valence-electron chi connectivity index (χ0n) is 21.6. The number of methoxy groups -OCH3 is 1. The van der Waals surface area contributed by atoms with Crippen molar-refractivity contribution >= 4 is 41.8 Å². The molecule has 1 aromatic carbocycles. The number of nitrogens with two attached hydrogens (primary N) is 1. The molecule has 4 N–H and O–H groups in total. The van der Waals surface area contributed by atoms with Gasteiger partial charge in [0.25, 0.3) is 5.91 Å². The lowest BCUT2D eigenvalue weighted by molar-refractivity contribution is -0.146. The van der Waals surface area contributed by atoms with Gasteiger partial charge in [0.2, 0.25) is 5.91 Å². The number of halogens is 1. The van der Waals surface area contributed by atoms with E-state index in [2.05, 4.69) is 15.5 Å². The quantitative estimate of drug-likeness (QED) is 0.284. The number of nitrogens with one attached hydrogen (secondary N) is 2. The molecule has 2 heterocycles. The van der Waals surface area contributed by atoms with Gasteiger partial charge in [0.15, 0.2) is 5.82 Å². The van der Waals surface area contributed by atoms with Crippen LogP contribution in [-0.2, 0) is 14.3 Å². The van der Waals surface area contributed by atoms with Crippen LogP contribution in [0.1, 0.15) is 48.5 Å². The topological polar surface area (TPSA) is 155 Å². The minimum Gasteiger partial charge on any atom is -0.469 e. The Labute approximate surface area is 228 Å². The van der Waals surface area contributed by atoms with E-state index in [9.17, 15) is 14.4 Å². The first kappa shape index (κ1) is 28.8. The van der Waals surface area contributed by atoms with Crippen LogP contribution in [0.4, 0.5) is 5.82 Å². The number of anilines is 1. The number of nitrogen functional groups attached to an aromatic ring is 1. The largest absolute Gasteiger partial charge is 0.469 e. The normalized spacial score (nSPS) is 19.2. The summed E-state index contributed by atoms with van der Waals surface area (Å²) in [5.74, 6) is -0.0978. The van der Waals surface area contributed by atoms with Gasteiger partial charge in [-0.3, -0.25) is 19.8 Å². The molecule has 0 unspecified atom stereocenters. The number of hydrogen-bond donors (Lipinski definition) is 3. The van der Waals surface area contributed by atoms with E-state index < -0.39 is 0 Å². The molecule has 204 valence electrons. The third-order valence-corrected chi connectivity index (χ3v) is 7.13. The van der Waals surface area contributed by atoms with Gasteiger partial charge in [0.05, 0.1) is 24.3 Å². The van der Waals surface area contributed by atoms with E-state index in [-0.39, 0.29) is 48.0 Å². The van der Waals surface area contributed by atoms with Crippen LogP contribution >= 0.6 is 12.4 Å². The van der Waals surface area contributed by atoms with Gasteiger partial charge < -0.3 is 25.6 Å². The molecule has 1 saturated heterocycles. The summed E-state index contributed by atoms with van der Waals surface area (Å²) in [7, 11) is 1.40. The first-order valence-corrected chi connectivity index (χ1v) is 12.5. The molecule has 4 rings (SSSR count). The summed E-state index contributed by atoms with van der Waals surface area (Å²) < 4.78 is 4.87. The molecule has 1 aliphatic carbocycles. The summed E-state index contributed by atoms with van der Waals surface area (Å²) in [4.78, 5) is 40.9. The number of aromatic nitrogens is 2. The number of hydrogen-bond acceptors (Lipinski definition) is 8. The molecule has 12 heteroatoms. The van der Waals surface area contributed by atoms with Gasteiger partial charge in [-0.15, -0.1) is 22.6 Å². The fourth-order valence-corrected chi connectivity index (χ4v) is 4.88. The molecule has 0 radical (unpaired) electrons. The highest BCUT2D eigenvalue weighted by Gasteiger charge is 2.30. The van der Waals surface area contributed by atoms with Crippen molar-refractivity contribution in [3.8, 4) is 11.3 Å². The van der Waals surface area contributed by atoms with Gasteiger partial charge in [0, 0.05) is 50.3 Å². The van der Waals surface area contributed by atoms with E-state index in [4.69, 9.17) is 15.9 Å². The molecule has 2 amide bonds. The van der Waals surface area contributed by atoms with Crippen LogP contribution in [0.15, 0.2) is 30.3 Å². The predicted octanol–water partition coefficient (Wildman–Crippen LogP) is 1.98. The number of rotatable bonds is 6. The number of ether oxygens (including phenoxy) is 1. The summed E-state index contributed by atoms with van der Waals surface area (Å²) >= 11 is 0. The molecule has 2 aliphatic rings. The van der Waals surface area contributed by atoms with Crippen LogP contribution in [0.5, 0.6) is 0 Å². The Morgan fingerprint density at radius 2 is 1.66 bits per heavy atom. The SMILES string of the molecule is COC(=O)[C@H]1CC[C@H](NC(=O)c2cc(-c3ccc(C(=N)N)cc3)nnc2N2CCN(C(C)=O)CC2)CC1.Cl. The number of amides is 2. The van der Waals surface area contributed by atoms with Crippen LogP contribution in [0, 0.1) is 11.3 Å². The molecule has 1 aromatic heterocycles. The predicted molar refractivity (Wildman–Crippen MR) is 145 cm³/mol. The zero-order valence-corrected chi connectivity index (χ0v) is 22.4. The molecule has 0 spiro atoms. The standard InChI is InChI=1S/C26H33N7O4.ClH/c1-16(34)32-11-13-33(14-12-32)24-21(25(35)29-20-9-7-19(8-10-20)26(36)37-2)15-22(30-31-24)17-3-5-18(6-4-17)23(27)28;/h3-6,15,19-20H,7-14H2,1-2H3,(H3,27,28)(H,29,35);1H/t19-,20-;. The second-order valence-electron chi connectivity index (χ2n) is 9.50. The van der Waals surface area contributed by atoms with E-state index in [0.29, 0.717) is 74.5 Å². The van der Waals surface area contributed by atoms with Gasteiger partial charge in [0.1, 0.15) is 5.84 Å². The summed E-state index contributed by atoms with van der Waals surface area (Å²) in [6, 6.07) is 8.73. The molecular weight excluding hydrogens is 510 g/mol. The first-order valence-electron chi connectivity index (χ1n) is 12.5. The molecule has 0 bridgehead atoms. The number of amidine groups is 1. The van der Waals surface area contributed by atoms with Gasteiger partial charge in [-0.25, -0.2) is 0 Å². The highest BCUT2D eigenvalue weighted by molar-refractivity contribution is 6.00. The Kier molecular flexibility index (Phi) is 9.62. The summed E-state index contributed by atoms with van der Waals surface area (Å²) in [5.41, 5.74) is 7.85. The van der Waals surface area contributed by atoms with Crippen molar-refractivity contribution in [1.82, 2.24) is 20.4 Å². The summed E-state index contributed by atoms with van der Waals surface area (Å²) in [6.07, 6.45) is 2.71. The molecule has 0 atom stereocenters. The number of carbonyl (C=O) groups excluding carboxylic acids is 3. The van der Waals surface area contributed by atoms with Crippen LogP contribution < -0.4 is 16.0 Å². The van der Waals surface area contributed by atoms with Crippen LogP contribution in [0.25, 0.3) is 11.3 Å². The van der Waals surface area contributed by atoms with E-state index in [1.165, 1.54) is 7.11 Å². The Morgan fingerprint density at radius 1 is 1.03 bits per heavy atom. The molecule has 2 fully saturated rings. The highest BCUT2D eigenvalue weighted by Crippen LogP contribution is 2.28. The number of benzene rings is 1. The molecule has 1 aliphatic heterocycles. The molecule has 2 aromatic rings. The van der Waals surface area contributed by atoms with Gasteiger partial charge in [-0.2, -0.15) is 0 Å². The lowest BCUT2D eigenvalue weighted by Crippen LogP contribution is -2.49. The lowest BCUT2D eigenvalue weighted by atomic mass is 9.86. The van der Waals surface area contributed by atoms with Crippen molar-refractivity contribution < 1.29 is 19.1 Å². The van der Waals surface area contributed by atoms with E-state index in [0.717, 1.165) is 5.56 Å². The maximum atomic E-state index is 13.5. The Morgan fingerprint density at radius 3 is 2.21 bits per heavy atom. The number of esters is 1. The van der Waals surface area contributed by atoms with Crippen molar-refractivity contribution in [2.75, 3.05) is 38.2 Å². The van der Waals surface area contributed by atoms with Crippen molar-refractivity contribution in [3.63, 3.8) is 0 Å². The third kappa shape index (κ3) is 6.58. The Bertz CT molecular complexity index is 1170. The first-order chi connectivity index (χ1) is 17.8. The zero-order chi connectivity index (χ0) is 26.5. The van der Waals surface area contributed by atoms with E-state index in [1.54, 1.807) is 42.2 Å². The fourth-order valence-electron chi connectivity index (χ4n) is 4.88. The second-order valence-corrected chi connectivity index (χ2v) is 9.50. The minimum absolute atomic E-state index is 0. The van der Waals surface area contributed by atoms with Crippen molar-refractivity contribution in [2.24, 2.45) is 11.7 Å². The molecule has 11 nitrogen and oxygen atoms in total. The van der Waals surface area contributed by atoms with Crippen molar-refractivity contribution in [1.29, 1.82) is 5.41 Å². The average molecular weight is 544 g/mol. The van der Waals surface area contributed by atoms with E-state index in [1.807, 2.05) is 4.90 Å². The molecule has 38 heavy (non-hydrogen) atoms. The van der Waals surface area contributed by atoms with Gasteiger partial charge in [-0.05, 0) is 31.7 Å².